The number of hydrogen-bond acceptors (Lipinski definition) is 4. The molecule has 0 radical (unpaired) electrons. The van der Waals surface area contributed by atoms with Crippen molar-refractivity contribution in [3.05, 3.63) is 95.6 Å². The van der Waals surface area contributed by atoms with Crippen molar-refractivity contribution >= 4 is 29.1 Å². The normalized spacial score (nSPS) is 19.3. The molecule has 0 unspecified atom stereocenters. The smallest absolute Gasteiger partial charge is 0.257 e. The van der Waals surface area contributed by atoms with E-state index in [1.807, 2.05) is 44.2 Å². The number of carbonyl (C=O) groups is 3. The zero-order valence-electron chi connectivity index (χ0n) is 19.7. The summed E-state index contributed by atoms with van der Waals surface area (Å²) in [6.07, 6.45) is 3.17. The number of aryl methyl sites for hydroxylation is 1. The summed E-state index contributed by atoms with van der Waals surface area (Å²) in [6, 6.07) is 21.5. The summed E-state index contributed by atoms with van der Waals surface area (Å²) in [7, 11) is 0. The highest BCUT2D eigenvalue weighted by Crippen LogP contribution is 2.40. The van der Waals surface area contributed by atoms with Crippen molar-refractivity contribution in [2.45, 2.75) is 26.7 Å². The Hall–Kier alpha value is -4.19. The van der Waals surface area contributed by atoms with E-state index in [9.17, 15) is 14.4 Å². The molecule has 6 heteroatoms. The number of carbonyl (C=O) groups excluding carboxylic acids is 3. The molecule has 0 saturated carbocycles. The third kappa shape index (κ3) is 4.35. The fraction of sp³-hybridized carbons (Fsp3) is 0.207. The molecule has 1 saturated heterocycles. The van der Waals surface area contributed by atoms with Crippen LogP contribution in [0.1, 0.15) is 35.7 Å². The van der Waals surface area contributed by atoms with Gasteiger partial charge in [-0.1, -0.05) is 42.0 Å². The van der Waals surface area contributed by atoms with Crippen LogP contribution in [-0.2, 0) is 9.59 Å². The van der Waals surface area contributed by atoms with Crippen molar-refractivity contribution in [1.29, 1.82) is 0 Å². The van der Waals surface area contributed by atoms with Gasteiger partial charge in [0.15, 0.2) is 0 Å². The maximum absolute atomic E-state index is 13.2. The molecule has 176 valence electrons. The summed E-state index contributed by atoms with van der Waals surface area (Å²) >= 11 is 0. The van der Waals surface area contributed by atoms with Gasteiger partial charge >= 0.3 is 0 Å². The van der Waals surface area contributed by atoms with Gasteiger partial charge < -0.3 is 10.1 Å². The summed E-state index contributed by atoms with van der Waals surface area (Å²) in [5.74, 6) is -0.154. The largest absolute Gasteiger partial charge is 0.457 e. The van der Waals surface area contributed by atoms with E-state index in [1.54, 1.807) is 48.5 Å². The van der Waals surface area contributed by atoms with E-state index in [0.29, 0.717) is 30.0 Å². The molecule has 3 aromatic rings. The van der Waals surface area contributed by atoms with Gasteiger partial charge in [-0.3, -0.25) is 14.4 Å². The Labute approximate surface area is 204 Å². The molecule has 1 heterocycles. The van der Waals surface area contributed by atoms with Crippen LogP contribution < -0.4 is 15.0 Å². The number of imide groups is 1. The van der Waals surface area contributed by atoms with Crippen LogP contribution in [0.2, 0.25) is 0 Å². The summed E-state index contributed by atoms with van der Waals surface area (Å²) in [4.78, 5) is 40.7. The SMILES string of the molecule is CC1=CC[C@@H]2C(=O)N(c3ccccc3C(=O)Nc3ccc(Oc4ccccc4C)cc3)C(=O)[C@H]2C1. The first-order valence-corrected chi connectivity index (χ1v) is 11.7. The lowest BCUT2D eigenvalue weighted by atomic mass is 9.82. The molecule has 3 aromatic carbocycles. The van der Waals surface area contributed by atoms with Crippen molar-refractivity contribution in [3.63, 3.8) is 0 Å². The number of fused-ring (bicyclic) bond motifs is 1. The number of nitrogens with one attached hydrogen (secondary N) is 1. The summed E-state index contributed by atoms with van der Waals surface area (Å²) in [5.41, 5.74) is 3.33. The average Bonchev–Trinajstić information content (AvgIpc) is 3.10. The molecule has 5 rings (SSSR count). The second kappa shape index (κ2) is 9.22. The van der Waals surface area contributed by atoms with E-state index in [0.717, 1.165) is 16.9 Å². The zero-order valence-corrected chi connectivity index (χ0v) is 19.7. The lowest BCUT2D eigenvalue weighted by Gasteiger charge is -2.19. The lowest BCUT2D eigenvalue weighted by molar-refractivity contribution is -0.122. The number of ether oxygens (including phenoxy) is 1. The van der Waals surface area contributed by atoms with E-state index in [1.165, 1.54) is 4.90 Å². The number of hydrogen-bond donors (Lipinski definition) is 1. The lowest BCUT2D eigenvalue weighted by Crippen LogP contribution is -2.33. The van der Waals surface area contributed by atoms with Gasteiger partial charge in [-0.05, 0) is 74.7 Å². The van der Waals surface area contributed by atoms with Crippen LogP contribution in [0.15, 0.2) is 84.4 Å². The highest BCUT2D eigenvalue weighted by Gasteiger charge is 2.49. The molecule has 35 heavy (non-hydrogen) atoms. The minimum atomic E-state index is -0.391. The van der Waals surface area contributed by atoms with E-state index >= 15 is 0 Å². The molecule has 1 N–H and O–H groups in total. The fourth-order valence-corrected chi connectivity index (χ4v) is 4.74. The summed E-state index contributed by atoms with van der Waals surface area (Å²) < 4.78 is 5.92. The van der Waals surface area contributed by atoms with Gasteiger partial charge in [0.05, 0.1) is 23.1 Å². The number of nitrogens with zero attached hydrogens (tertiary/aromatic N) is 1. The molecule has 0 bridgehead atoms. The minimum Gasteiger partial charge on any atom is -0.457 e. The molecular weight excluding hydrogens is 440 g/mol. The summed E-state index contributed by atoms with van der Waals surface area (Å²) in [6.45, 7) is 3.96. The number of allylic oxidation sites excluding steroid dienone is 2. The molecule has 2 atom stereocenters. The van der Waals surface area contributed by atoms with Crippen LogP contribution in [0.3, 0.4) is 0 Å². The van der Waals surface area contributed by atoms with Crippen molar-refractivity contribution in [2.24, 2.45) is 11.8 Å². The molecule has 1 fully saturated rings. The molecule has 0 aromatic heterocycles. The second-order valence-corrected chi connectivity index (χ2v) is 9.08. The first-order valence-electron chi connectivity index (χ1n) is 11.7. The van der Waals surface area contributed by atoms with Crippen molar-refractivity contribution in [1.82, 2.24) is 0 Å². The Bertz CT molecular complexity index is 1340. The third-order valence-corrected chi connectivity index (χ3v) is 6.65. The van der Waals surface area contributed by atoms with E-state index in [2.05, 4.69) is 5.32 Å². The molecule has 0 spiro atoms. The molecule has 2 aliphatic rings. The highest BCUT2D eigenvalue weighted by atomic mass is 16.5. The Morgan fingerprint density at radius 2 is 1.57 bits per heavy atom. The minimum absolute atomic E-state index is 0.231. The number of anilines is 2. The first kappa shape index (κ1) is 22.6. The average molecular weight is 467 g/mol. The monoisotopic (exact) mass is 466 g/mol. The quantitative estimate of drug-likeness (QED) is 0.376. The van der Waals surface area contributed by atoms with Crippen molar-refractivity contribution in [2.75, 3.05) is 10.2 Å². The maximum Gasteiger partial charge on any atom is 0.257 e. The maximum atomic E-state index is 13.2. The van der Waals surface area contributed by atoms with E-state index in [-0.39, 0.29) is 29.2 Å². The van der Waals surface area contributed by atoms with Gasteiger partial charge in [-0.25, -0.2) is 4.90 Å². The van der Waals surface area contributed by atoms with Crippen LogP contribution in [0.5, 0.6) is 11.5 Å². The number of para-hydroxylation sites is 2. The van der Waals surface area contributed by atoms with Crippen LogP contribution >= 0.6 is 0 Å². The third-order valence-electron chi connectivity index (χ3n) is 6.65. The van der Waals surface area contributed by atoms with E-state index in [4.69, 9.17) is 4.74 Å². The van der Waals surface area contributed by atoms with Crippen LogP contribution in [0.4, 0.5) is 11.4 Å². The van der Waals surface area contributed by atoms with Gasteiger partial charge in [0.2, 0.25) is 11.8 Å². The topological polar surface area (TPSA) is 75.7 Å². The predicted molar refractivity (Wildman–Crippen MR) is 135 cm³/mol. The Balaban J connectivity index is 1.34. The standard InChI is InChI=1S/C29H26N2O4/c1-18-11-16-22-24(17-18)29(34)31(28(22)33)25-9-5-4-8-23(25)27(32)30-20-12-14-21(15-13-20)35-26-10-6-3-7-19(26)2/h3-15,22,24H,16-17H2,1-2H3,(H,30,32)/t22-,24-/m0/s1. The number of rotatable bonds is 5. The van der Waals surface area contributed by atoms with Crippen molar-refractivity contribution in [3.8, 4) is 11.5 Å². The Kier molecular flexibility index (Phi) is 5.95. The van der Waals surface area contributed by atoms with Gasteiger partial charge in [0, 0.05) is 5.69 Å². The van der Waals surface area contributed by atoms with Crippen molar-refractivity contribution < 1.29 is 19.1 Å². The second-order valence-electron chi connectivity index (χ2n) is 9.08. The Morgan fingerprint density at radius 1 is 0.886 bits per heavy atom. The number of amides is 3. The molecular formula is C29H26N2O4. The molecule has 3 amide bonds. The van der Waals surface area contributed by atoms with Crippen LogP contribution in [-0.4, -0.2) is 17.7 Å². The van der Waals surface area contributed by atoms with Crippen LogP contribution in [0.25, 0.3) is 0 Å². The summed E-state index contributed by atoms with van der Waals surface area (Å²) in [5, 5.41) is 2.87. The van der Waals surface area contributed by atoms with Gasteiger partial charge in [-0.2, -0.15) is 0 Å². The predicted octanol–water partition coefficient (Wildman–Crippen LogP) is 5.89. The highest BCUT2D eigenvalue weighted by molar-refractivity contribution is 6.25. The molecule has 1 aliphatic carbocycles. The van der Waals surface area contributed by atoms with Gasteiger partial charge in [0.25, 0.3) is 5.91 Å². The molecule has 6 nitrogen and oxygen atoms in total. The fourth-order valence-electron chi connectivity index (χ4n) is 4.74. The van der Waals surface area contributed by atoms with Gasteiger partial charge in [0.1, 0.15) is 11.5 Å². The zero-order chi connectivity index (χ0) is 24.5. The molecule has 1 aliphatic heterocycles. The first-order chi connectivity index (χ1) is 16.9. The number of benzene rings is 3. The van der Waals surface area contributed by atoms with Crippen LogP contribution in [0, 0.1) is 18.8 Å². The van der Waals surface area contributed by atoms with Gasteiger partial charge in [-0.15, -0.1) is 0 Å². The Morgan fingerprint density at radius 3 is 2.34 bits per heavy atom. The van der Waals surface area contributed by atoms with E-state index < -0.39 is 5.91 Å².